The number of aryl methyl sites for hydroxylation is 1. The molecule has 0 aliphatic rings. The Morgan fingerprint density at radius 3 is 2.26 bits per heavy atom. The van der Waals surface area contributed by atoms with E-state index in [-0.39, 0.29) is 5.41 Å². The first kappa shape index (κ1) is 14.1. The van der Waals surface area contributed by atoms with E-state index < -0.39 is 0 Å². The van der Waals surface area contributed by atoms with Crippen molar-refractivity contribution in [3.8, 4) is 0 Å². The van der Waals surface area contributed by atoms with Gasteiger partial charge in [0.05, 0.1) is 4.47 Å². The second-order valence-electron chi connectivity index (χ2n) is 5.74. The number of nitrogens with zero attached hydrogens (tertiary/aromatic N) is 1. The highest BCUT2D eigenvalue weighted by atomic mass is 79.9. The zero-order valence-electron chi connectivity index (χ0n) is 11.8. The van der Waals surface area contributed by atoms with Crippen molar-refractivity contribution in [2.45, 2.75) is 33.1 Å². The maximum Gasteiger partial charge on any atom is 0.144 e. The highest BCUT2D eigenvalue weighted by Crippen LogP contribution is 2.28. The van der Waals surface area contributed by atoms with Crippen molar-refractivity contribution in [2.24, 2.45) is 0 Å². The zero-order chi connectivity index (χ0) is 14.0. The summed E-state index contributed by atoms with van der Waals surface area (Å²) < 4.78 is 1.01. The summed E-state index contributed by atoms with van der Waals surface area (Å²) in [6.45, 7) is 8.70. The number of aromatic nitrogens is 1. The molecule has 0 saturated carbocycles. The van der Waals surface area contributed by atoms with Crippen LogP contribution in [0.15, 0.2) is 41.0 Å². The van der Waals surface area contributed by atoms with Gasteiger partial charge in [-0.1, -0.05) is 32.9 Å². The van der Waals surface area contributed by atoms with Gasteiger partial charge < -0.3 is 5.32 Å². The van der Waals surface area contributed by atoms with Crippen LogP contribution in [0.5, 0.6) is 0 Å². The maximum atomic E-state index is 4.35. The van der Waals surface area contributed by atoms with E-state index in [1.807, 2.05) is 12.3 Å². The summed E-state index contributed by atoms with van der Waals surface area (Å²) in [5, 5.41) is 3.33. The summed E-state index contributed by atoms with van der Waals surface area (Å²) >= 11 is 3.56. The van der Waals surface area contributed by atoms with Gasteiger partial charge in [-0.25, -0.2) is 4.98 Å². The molecule has 2 rings (SSSR count). The monoisotopic (exact) mass is 318 g/mol. The lowest BCUT2D eigenvalue weighted by Crippen LogP contribution is -2.10. The van der Waals surface area contributed by atoms with Gasteiger partial charge in [0.25, 0.3) is 0 Å². The van der Waals surface area contributed by atoms with E-state index >= 15 is 0 Å². The van der Waals surface area contributed by atoms with Crippen LogP contribution in [0.4, 0.5) is 11.5 Å². The molecular formula is C16H19BrN2. The summed E-state index contributed by atoms with van der Waals surface area (Å²) in [6, 6.07) is 10.5. The van der Waals surface area contributed by atoms with Gasteiger partial charge in [0.2, 0.25) is 0 Å². The Labute approximate surface area is 123 Å². The number of anilines is 2. The SMILES string of the molecule is Cc1ccnc(Nc2ccc(C(C)(C)C)cc2)c1Br. The second-order valence-corrected chi connectivity index (χ2v) is 6.54. The molecule has 0 spiro atoms. The molecule has 19 heavy (non-hydrogen) atoms. The molecule has 0 atom stereocenters. The van der Waals surface area contributed by atoms with Crippen molar-refractivity contribution >= 4 is 27.4 Å². The molecule has 0 aliphatic heterocycles. The molecule has 0 radical (unpaired) electrons. The molecule has 0 unspecified atom stereocenters. The molecular weight excluding hydrogens is 300 g/mol. The number of halogens is 1. The Morgan fingerprint density at radius 2 is 1.68 bits per heavy atom. The normalized spacial score (nSPS) is 11.4. The number of hydrogen-bond acceptors (Lipinski definition) is 2. The predicted molar refractivity (Wildman–Crippen MR) is 85.1 cm³/mol. The molecule has 0 bridgehead atoms. The van der Waals surface area contributed by atoms with E-state index in [0.29, 0.717) is 0 Å². The first-order valence-corrected chi connectivity index (χ1v) is 7.16. The average Bonchev–Trinajstić information content (AvgIpc) is 2.35. The Kier molecular flexibility index (Phi) is 3.95. The minimum absolute atomic E-state index is 0.181. The van der Waals surface area contributed by atoms with Gasteiger partial charge >= 0.3 is 0 Å². The maximum absolute atomic E-state index is 4.35. The van der Waals surface area contributed by atoms with Crippen LogP contribution in [0.3, 0.4) is 0 Å². The topological polar surface area (TPSA) is 24.9 Å². The van der Waals surface area contributed by atoms with Crippen LogP contribution in [0.2, 0.25) is 0 Å². The van der Waals surface area contributed by atoms with E-state index in [2.05, 4.69) is 78.2 Å². The van der Waals surface area contributed by atoms with E-state index in [1.165, 1.54) is 11.1 Å². The van der Waals surface area contributed by atoms with Crippen molar-refractivity contribution in [1.29, 1.82) is 0 Å². The quantitative estimate of drug-likeness (QED) is 0.823. The Hall–Kier alpha value is -1.35. The van der Waals surface area contributed by atoms with E-state index in [4.69, 9.17) is 0 Å². The molecule has 3 heteroatoms. The molecule has 2 nitrogen and oxygen atoms in total. The van der Waals surface area contributed by atoms with E-state index in [0.717, 1.165) is 16.0 Å². The molecule has 100 valence electrons. The molecule has 2 aromatic rings. The standard InChI is InChI=1S/C16H19BrN2/c1-11-9-10-18-15(14(11)17)19-13-7-5-12(6-8-13)16(2,3)4/h5-10H,1-4H3,(H,18,19). The first-order valence-electron chi connectivity index (χ1n) is 6.36. The van der Waals surface area contributed by atoms with Crippen molar-refractivity contribution in [3.63, 3.8) is 0 Å². The van der Waals surface area contributed by atoms with Gasteiger partial charge in [-0.3, -0.25) is 0 Å². The van der Waals surface area contributed by atoms with Crippen LogP contribution in [0, 0.1) is 6.92 Å². The van der Waals surface area contributed by atoms with E-state index in [9.17, 15) is 0 Å². The Morgan fingerprint density at radius 1 is 1.05 bits per heavy atom. The van der Waals surface area contributed by atoms with Crippen LogP contribution in [-0.2, 0) is 5.41 Å². The number of nitrogens with one attached hydrogen (secondary N) is 1. The third-order valence-corrected chi connectivity index (χ3v) is 4.10. The lowest BCUT2D eigenvalue weighted by molar-refractivity contribution is 0.590. The molecule has 1 heterocycles. The van der Waals surface area contributed by atoms with Crippen molar-refractivity contribution in [3.05, 3.63) is 52.1 Å². The van der Waals surface area contributed by atoms with Crippen LogP contribution in [0.1, 0.15) is 31.9 Å². The van der Waals surface area contributed by atoms with Crippen molar-refractivity contribution in [2.75, 3.05) is 5.32 Å². The summed E-state index contributed by atoms with van der Waals surface area (Å²) in [5.74, 6) is 0.850. The molecule has 1 N–H and O–H groups in total. The van der Waals surface area contributed by atoms with Crippen LogP contribution in [0.25, 0.3) is 0 Å². The minimum Gasteiger partial charge on any atom is -0.339 e. The summed E-state index contributed by atoms with van der Waals surface area (Å²) in [5.41, 5.74) is 3.73. The first-order chi connectivity index (χ1) is 8.88. The molecule has 0 amide bonds. The third kappa shape index (κ3) is 3.35. The molecule has 1 aromatic heterocycles. The number of benzene rings is 1. The highest BCUT2D eigenvalue weighted by molar-refractivity contribution is 9.10. The lowest BCUT2D eigenvalue weighted by atomic mass is 9.87. The molecule has 1 aromatic carbocycles. The average molecular weight is 319 g/mol. The fraction of sp³-hybridized carbons (Fsp3) is 0.312. The third-order valence-electron chi connectivity index (χ3n) is 3.10. The van der Waals surface area contributed by atoms with Gasteiger partial charge in [-0.2, -0.15) is 0 Å². The van der Waals surface area contributed by atoms with Crippen LogP contribution in [-0.4, -0.2) is 4.98 Å². The Balaban J connectivity index is 2.23. The van der Waals surface area contributed by atoms with E-state index in [1.54, 1.807) is 0 Å². The number of pyridine rings is 1. The Bertz CT molecular complexity index is 568. The van der Waals surface area contributed by atoms with Gasteiger partial charge in [0.15, 0.2) is 0 Å². The van der Waals surface area contributed by atoms with Crippen molar-refractivity contribution < 1.29 is 0 Å². The fourth-order valence-electron chi connectivity index (χ4n) is 1.82. The van der Waals surface area contributed by atoms with Gasteiger partial charge in [0.1, 0.15) is 5.82 Å². The van der Waals surface area contributed by atoms with Gasteiger partial charge in [-0.15, -0.1) is 0 Å². The molecule has 0 aliphatic carbocycles. The lowest BCUT2D eigenvalue weighted by Gasteiger charge is -2.19. The number of rotatable bonds is 2. The predicted octanol–water partition coefficient (Wildman–Crippen LogP) is 5.19. The van der Waals surface area contributed by atoms with Crippen LogP contribution >= 0.6 is 15.9 Å². The molecule has 0 fully saturated rings. The molecule has 0 saturated heterocycles. The van der Waals surface area contributed by atoms with Crippen molar-refractivity contribution in [1.82, 2.24) is 4.98 Å². The second kappa shape index (κ2) is 5.33. The summed E-state index contributed by atoms with van der Waals surface area (Å²) in [7, 11) is 0. The minimum atomic E-state index is 0.181. The summed E-state index contributed by atoms with van der Waals surface area (Å²) in [6.07, 6.45) is 1.81. The van der Waals surface area contributed by atoms with Crippen LogP contribution < -0.4 is 5.32 Å². The smallest absolute Gasteiger partial charge is 0.144 e. The fourth-order valence-corrected chi connectivity index (χ4v) is 2.15. The highest BCUT2D eigenvalue weighted by Gasteiger charge is 2.13. The van der Waals surface area contributed by atoms with Gasteiger partial charge in [-0.05, 0) is 57.6 Å². The van der Waals surface area contributed by atoms with Gasteiger partial charge in [0, 0.05) is 11.9 Å². The zero-order valence-corrected chi connectivity index (χ0v) is 13.4. The number of hydrogen-bond donors (Lipinski definition) is 1. The summed E-state index contributed by atoms with van der Waals surface area (Å²) in [4.78, 5) is 4.35. The largest absolute Gasteiger partial charge is 0.339 e.